The number of pyridine rings is 1. The van der Waals surface area contributed by atoms with Crippen LogP contribution in [0, 0.1) is 6.92 Å². The number of carboxylic acid groups (broad SMARTS) is 1. The summed E-state index contributed by atoms with van der Waals surface area (Å²) in [5, 5.41) is 9.11. The molecule has 1 aromatic carbocycles. The van der Waals surface area contributed by atoms with Gasteiger partial charge < -0.3 is 9.84 Å². The highest BCUT2D eigenvalue weighted by Gasteiger charge is 2.20. The number of hydrogen-bond donors (Lipinski definition) is 1. The number of hydrogen-bond acceptors (Lipinski definition) is 3. The Morgan fingerprint density at radius 1 is 1.33 bits per heavy atom. The Hall–Kier alpha value is -2.50. The van der Waals surface area contributed by atoms with Crippen LogP contribution in [0.1, 0.15) is 33.6 Å². The lowest BCUT2D eigenvalue weighted by molar-refractivity contribution is 0.0693. The molecule has 4 nitrogen and oxygen atoms in total. The maximum Gasteiger partial charge on any atom is 0.336 e. The number of aromatic carboxylic acids is 1. The Kier molecular flexibility index (Phi) is 4.47. The number of alkyl halides is 2. The first-order valence-corrected chi connectivity index (χ1v) is 6.18. The van der Waals surface area contributed by atoms with Crippen LogP contribution in [0.5, 0.6) is 5.75 Å². The minimum absolute atomic E-state index is 0.0248. The number of ether oxygens (including phenoxy) is 1. The fraction of sp³-hybridized carbons (Fsp3) is 0.200. The third-order valence-electron chi connectivity index (χ3n) is 3.01. The van der Waals surface area contributed by atoms with E-state index in [0.717, 1.165) is 0 Å². The van der Waals surface area contributed by atoms with Gasteiger partial charge in [-0.05, 0) is 25.1 Å². The van der Waals surface area contributed by atoms with Crippen molar-refractivity contribution in [2.24, 2.45) is 0 Å². The van der Waals surface area contributed by atoms with E-state index < -0.39 is 12.4 Å². The molecule has 1 N–H and O–H groups in total. The van der Waals surface area contributed by atoms with E-state index in [1.807, 2.05) is 0 Å². The van der Waals surface area contributed by atoms with E-state index in [2.05, 4.69) is 4.98 Å². The fourth-order valence-corrected chi connectivity index (χ4v) is 1.94. The second kappa shape index (κ2) is 6.30. The predicted octanol–water partition coefficient (Wildman–Crippen LogP) is 3.60. The summed E-state index contributed by atoms with van der Waals surface area (Å²) < 4.78 is 31.5. The molecule has 0 atom stereocenters. The molecule has 0 saturated carbocycles. The van der Waals surface area contributed by atoms with Crippen LogP contribution in [0.3, 0.4) is 0 Å². The lowest BCUT2D eigenvalue weighted by Gasteiger charge is -2.14. The quantitative estimate of drug-likeness (QED) is 0.915. The molecule has 0 aliphatic carbocycles. The highest BCUT2D eigenvalue weighted by Crippen LogP contribution is 2.27. The van der Waals surface area contributed by atoms with Gasteiger partial charge in [-0.15, -0.1) is 0 Å². The van der Waals surface area contributed by atoms with E-state index in [1.54, 1.807) is 25.3 Å². The van der Waals surface area contributed by atoms with Gasteiger partial charge in [0.1, 0.15) is 12.4 Å². The van der Waals surface area contributed by atoms with Crippen molar-refractivity contribution in [2.45, 2.75) is 20.0 Å². The summed E-state index contributed by atoms with van der Waals surface area (Å²) in [6, 6.07) is 7.08. The first kappa shape index (κ1) is 14.9. The molecule has 0 spiro atoms. The Morgan fingerprint density at radius 2 is 2.10 bits per heavy atom. The van der Waals surface area contributed by atoms with Gasteiger partial charge in [0.05, 0.1) is 11.3 Å². The lowest BCUT2D eigenvalue weighted by Crippen LogP contribution is -2.10. The van der Waals surface area contributed by atoms with Gasteiger partial charge in [0.2, 0.25) is 0 Å². The van der Waals surface area contributed by atoms with Crippen LogP contribution in [0.25, 0.3) is 0 Å². The smallest absolute Gasteiger partial charge is 0.336 e. The van der Waals surface area contributed by atoms with Crippen molar-refractivity contribution < 1.29 is 23.4 Å². The zero-order valence-corrected chi connectivity index (χ0v) is 11.2. The van der Waals surface area contributed by atoms with Gasteiger partial charge in [-0.25, -0.2) is 13.6 Å². The molecule has 2 rings (SSSR count). The molecule has 0 radical (unpaired) electrons. The minimum atomic E-state index is -2.77. The van der Waals surface area contributed by atoms with Crippen molar-refractivity contribution in [3.8, 4) is 5.75 Å². The monoisotopic (exact) mass is 293 g/mol. The minimum Gasteiger partial charge on any atom is -0.487 e. The van der Waals surface area contributed by atoms with Gasteiger partial charge in [-0.3, -0.25) is 4.98 Å². The Bertz CT molecular complexity index is 659. The molecule has 0 aliphatic heterocycles. The topological polar surface area (TPSA) is 59.4 Å². The molecule has 21 heavy (non-hydrogen) atoms. The summed E-state index contributed by atoms with van der Waals surface area (Å²) in [6.07, 6.45) is -1.18. The predicted molar refractivity (Wildman–Crippen MR) is 71.7 cm³/mol. The number of aryl methyl sites for hydroxylation is 1. The van der Waals surface area contributed by atoms with Crippen LogP contribution in [0.2, 0.25) is 0 Å². The molecule has 0 aliphatic rings. The van der Waals surface area contributed by atoms with Crippen LogP contribution in [-0.2, 0) is 6.61 Å². The standard InChI is InChI=1S/C15H13F2NO3/c1-9-13(6-3-7-18-9)21-8-12-10(14(16)17)4-2-5-11(12)15(19)20/h2-7,14H,8H2,1H3,(H,19,20). The number of carboxylic acids is 1. The summed E-state index contributed by atoms with van der Waals surface area (Å²) in [5.41, 5.74) is 0.0537. The molecule has 1 heterocycles. The summed E-state index contributed by atoms with van der Waals surface area (Å²) in [4.78, 5) is 15.2. The second-order valence-corrected chi connectivity index (χ2v) is 4.35. The van der Waals surface area contributed by atoms with Crippen molar-refractivity contribution in [1.82, 2.24) is 4.98 Å². The number of rotatable bonds is 5. The number of carbonyl (C=O) groups is 1. The van der Waals surface area contributed by atoms with Crippen molar-refractivity contribution in [2.75, 3.05) is 0 Å². The van der Waals surface area contributed by atoms with Crippen LogP contribution in [0.4, 0.5) is 8.78 Å². The second-order valence-electron chi connectivity index (χ2n) is 4.35. The fourth-order valence-electron chi connectivity index (χ4n) is 1.94. The molecule has 0 bridgehead atoms. The third-order valence-corrected chi connectivity index (χ3v) is 3.01. The molecule has 0 amide bonds. The van der Waals surface area contributed by atoms with Crippen molar-refractivity contribution >= 4 is 5.97 Å². The highest BCUT2D eigenvalue weighted by atomic mass is 19.3. The normalized spacial score (nSPS) is 10.7. The lowest BCUT2D eigenvalue weighted by atomic mass is 10.0. The van der Waals surface area contributed by atoms with E-state index in [-0.39, 0.29) is 23.3 Å². The van der Waals surface area contributed by atoms with Gasteiger partial charge in [0.25, 0.3) is 6.43 Å². The first-order chi connectivity index (χ1) is 10.0. The van der Waals surface area contributed by atoms with Gasteiger partial charge >= 0.3 is 5.97 Å². The van der Waals surface area contributed by atoms with Crippen LogP contribution >= 0.6 is 0 Å². The largest absolute Gasteiger partial charge is 0.487 e. The number of aromatic nitrogens is 1. The van der Waals surface area contributed by atoms with E-state index in [0.29, 0.717) is 11.4 Å². The van der Waals surface area contributed by atoms with Crippen LogP contribution < -0.4 is 4.74 Å². The molecule has 110 valence electrons. The van der Waals surface area contributed by atoms with E-state index in [9.17, 15) is 13.6 Å². The zero-order valence-electron chi connectivity index (χ0n) is 11.2. The molecule has 6 heteroatoms. The van der Waals surface area contributed by atoms with Gasteiger partial charge in [-0.2, -0.15) is 0 Å². The van der Waals surface area contributed by atoms with Gasteiger partial charge in [0, 0.05) is 17.3 Å². The summed E-state index contributed by atoms with van der Waals surface area (Å²) in [6.45, 7) is 1.46. The summed E-state index contributed by atoms with van der Waals surface area (Å²) >= 11 is 0. The van der Waals surface area contributed by atoms with Gasteiger partial charge in [0.15, 0.2) is 0 Å². The average Bonchev–Trinajstić information content (AvgIpc) is 2.45. The van der Waals surface area contributed by atoms with Crippen molar-refractivity contribution in [3.05, 3.63) is 58.9 Å². The molecule has 0 saturated heterocycles. The molecule has 1 aromatic heterocycles. The highest BCUT2D eigenvalue weighted by molar-refractivity contribution is 5.89. The first-order valence-electron chi connectivity index (χ1n) is 6.18. The van der Waals surface area contributed by atoms with Crippen molar-refractivity contribution in [1.29, 1.82) is 0 Å². The van der Waals surface area contributed by atoms with Crippen LogP contribution in [0.15, 0.2) is 36.5 Å². The molecular weight excluding hydrogens is 280 g/mol. The number of nitrogens with zero attached hydrogens (tertiary/aromatic N) is 1. The Morgan fingerprint density at radius 3 is 2.71 bits per heavy atom. The van der Waals surface area contributed by atoms with Gasteiger partial charge in [-0.1, -0.05) is 12.1 Å². The maximum absolute atomic E-state index is 13.0. The van der Waals surface area contributed by atoms with E-state index in [4.69, 9.17) is 9.84 Å². The summed E-state index contributed by atoms with van der Waals surface area (Å²) in [5.74, 6) is -0.836. The Labute approximate surface area is 120 Å². The van der Waals surface area contributed by atoms with Crippen LogP contribution in [-0.4, -0.2) is 16.1 Å². The molecule has 0 unspecified atom stereocenters. The third kappa shape index (κ3) is 3.34. The molecule has 0 fully saturated rings. The van der Waals surface area contributed by atoms with Crippen molar-refractivity contribution in [3.63, 3.8) is 0 Å². The zero-order chi connectivity index (χ0) is 15.4. The number of halogens is 2. The Balaban J connectivity index is 2.34. The molecular formula is C15H13F2NO3. The summed E-state index contributed by atoms with van der Waals surface area (Å²) in [7, 11) is 0. The maximum atomic E-state index is 13.0. The average molecular weight is 293 g/mol. The number of benzene rings is 1. The molecule has 2 aromatic rings. The van der Waals surface area contributed by atoms with E-state index >= 15 is 0 Å². The van der Waals surface area contributed by atoms with E-state index in [1.165, 1.54) is 18.2 Å². The SMILES string of the molecule is Cc1ncccc1OCc1c(C(=O)O)cccc1C(F)F.